The van der Waals surface area contributed by atoms with Gasteiger partial charge in [0.1, 0.15) is 5.58 Å². The summed E-state index contributed by atoms with van der Waals surface area (Å²) in [7, 11) is 0. The SMILES string of the molecule is C=C/C=C\C=C\C1=CC(C(C)C)C(C(C)(C)C)C=C1NC1CC(C(C)(C)C)=CC2=C1B(c1cc3cc4c(cc3o1)C(C)CCC4C)c1cc(C(C)C)ccc1N2C/C=C\C(=C/C)C(C)(C)C. The number of hydrogen-bond acceptors (Lipinski definition) is 3. The van der Waals surface area contributed by atoms with Crippen LogP contribution in [-0.4, -0.2) is 19.3 Å². The van der Waals surface area contributed by atoms with Crippen LogP contribution in [-0.2, 0) is 0 Å². The molecule has 3 aliphatic carbocycles. The molecule has 0 spiro atoms. The zero-order chi connectivity index (χ0) is 48.0. The van der Waals surface area contributed by atoms with Crippen LogP contribution in [0, 0.1) is 34.0 Å². The Morgan fingerprint density at radius 1 is 0.894 bits per heavy atom. The van der Waals surface area contributed by atoms with Crippen molar-refractivity contribution in [2.75, 3.05) is 11.4 Å². The Bertz CT molecular complexity index is 2510. The first-order chi connectivity index (χ1) is 31.0. The molecule has 7 rings (SSSR count). The number of nitrogens with zero attached hydrogens (tertiary/aromatic N) is 1. The van der Waals surface area contributed by atoms with E-state index in [1.165, 1.54) is 79.7 Å². The highest BCUT2D eigenvalue weighted by atomic mass is 16.3. The molecular formula is C62H83BN2O. The third kappa shape index (κ3) is 10.1. The summed E-state index contributed by atoms with van der Waals surface area (Å²) in [5, 5.41) is 5.62. The first kappa shape index (κ1) is 49.2. The highest BCUT2D eigenvalue weighted by Gasteiger charge is 2.45. The Morgan fingerprint density at radius 3 is 2.20 bits per heavy atom. The number of fused-ring (bicyclic) bond motifs is 3. The molecule has 3 aromatic rings. The van der Waals surface area contributed by atoms with Crippen molar-refractivity contribution in [1.29, 1.82) is 0 Å². The standard InChI is InChI=1S/C62H83BN2O/c1-18-20-21-22-24-44-31-48(40(5)6)51(62(15,16)17)38-53(44)64-54-35-47(61(12,13)14)36-56-59(54)63(58-34-45-32-49-41(7)26-27-42(8)50(49)37-57(45)66-58)52-33-43(39(3)4)28-29-55(52)65(56)30-23-25-46(19-2)60(9,10)11/h18-25,28-29,31-34,36-42,48,51,54,64H,1,26-27,30,35H2,2-17H3/b21-20-,24-22+,25-23-,46-19+. The lowest BCUT2D eigenvalue weighted by atomic mass is 9.34. The second-order valence-corrected chi connectivity index (χ2v) is 24.0. The lowest BCUT2D eigenvalue weighted by Crippen LogP contribution is -2.57. The fourth-order valence-electron chi connectivity index (χ4n) is 11.3. The van der Waals surface area contributed by atoms with E-state index in [9.17, 15) is 0 Å². The molecule has 2 heterocycles. The van der Waals surface area contributed by atoms with Gasteiger partial charge in [0.25, 0.3) is 6.71 Å². The quantitative estimate of drug-likeness (QED) is 0.154. The van der Waals surface area contributed by atoms with Crippen molar-refractivity contribution in [3.63, 3.8) is 0 Å². The van der Waals surface area contributed by atoms with Gasteiger partial charge in [-0.3, -0.25) is 0 Å². The maximum atomic E-state index is 7.32. The summed E-state index contributed by atoms with van der Waals surface area (Å²) in [6.07, 6.45) is 28.6. The molecule has 4 aliphatic rings. The minimum atomic E-state index is -0.0892. The number of nitrogens with one attached hydrogen (secondary N) is 1. The van der Waals surface area contributed by atoms with E-state index in [2.05, 4.69) is 219 Å². The smallest absolute Gasteiger partial charge is 0.289 e. The molecule has 1 aliphatic heterocycles. The van der Waals surface area contributed by atoms with E-state index in [1.807, 2.05) is 12.2 Å². The fourth-order valence-corrected chi connectivity index (χ4v) is 11.3. The van der Waals surface area contributed by atoms with Gasteiger partial charge in [0.15, 0.2) is 0 Å². The lowest BCUT2D eigenvalue weighted by molar-refractivity contribution is 0.195. The minimum Gasteiger partial charge on any atom is -0.470 e. The Hall–Kier alpha value is -4.70. The summed E-state index contributed by atoms with van der Waals surface area (Å²) in [6.45, 7) is 42.3. The van der Waals surface area contributed by atoms with Gasteiger partial charge >= 0.3 is 0 Å². The molecule has 1 N–H and O–H groups in total. The summed E-state index contributed by atoms with van der Waals surface area (Å²) in [5.41, 5.74) is 17.0. The monoisotopic (exact) mass is 883 g/mol. The molecule has 0 bridgehead atoms. The second-order valence-electron chi connectivity index (χ2n) is 24.0. The predicted molar refractivity (Wildman–Crippen MR) is 290 cm³/mol. The average molecular weight is 883 g/mol. The molecule has 0 saturated heterocycles. The van der Waals surface area contributed by atoms with Crippen molar-refractivity contribution in [2.24, 2.45) is 34.0 Å². The van der Waals surface area contributed by atoms with Gasteiger partial charge in [-0.25, -0.2) is 0 Å². The highest BCUT2D eigenvalue weighted by molar-refractivity contribution is 6.92. The molecule has 0 saturated carbocycles. The van der Waals surface area contributed by atoms with Crippen LogP contribution in [0.2, 0.25) is 0 Å². The van der Waals surface area contributed by atoms with Gasteiger partial charge in [-0.15, -0.1) is 0 Å². The molecule has 66 heavy (non-hydrogen) atoms. The summed E-state index contributed by atoms with van der Waals surface area (Å²) in [5.74, 6) is 2.74. The molecular weight excluding hydrogens is 800 g/mol. The van der Waals surface area contributed by atoms with Crippen molar-refractivity contribution in [3.05, 3.63) is 160 Å². The maximum Gasteiger partial charge on any atom is 0.289 e. The van der Waals surface area contributed by atoms with E-state index < -0.39 is 0 Å². The van der Waals surface area contributed by atoms with Crippen molar-refractivity contribution in [2.45, 2.75) is 154 Å². The van der Waals surface area contributed by atoms with Gasteiger partial charge in [0.2, 0.25) is 0 Å². The molecule has 0 radical (unpaired) electrons. The Labute approximate surface area is 401 Å². The Kier molecular flexibility index (Phi) is 14.3. The van der Waals surface area contributed by atoms with Crippen LogP contribution in [0.25, 0.3) is 11.0 Å². The zero-order valence-corrected chi connectivity index (χ0v) is 43.8. The molecule has 2 aromatic carbocycles. The number of hydrogen-bond donors (Lipinski definition) is 1. The summed E-state index contributed by atoms with van der Waals surface area (Å²) < 4.78 is 7.32. The molecule has 3 nitrogen and oxygen atoms in total. The third-order valence-electron chi connectivity index (χ3n) is 15.4. The third-order valence-corrected chi connectivity index (χ3v) is 15.4. The van der Waals surface area contributed by atoms with Crippen molar-refractivity contribution >= 4 is 34.5 Å². The Morgan fingerprint density at radius 2 is 1.59 bits per heavy atom. The highest BCUT2D eigenvalue weighted by Crippen LogP contribution is 2.46. The van der Waals surface area contributed by atoms with E-state index in [0.717, 1.165) is 24.2 Å². The normalized spacial score (nSPS) is 23.3. The predicted octanol–water partition coefficient (Wildman–Crippen LogP) is 15.7. The minimum absolute atomic E-state index is 0.00307. The molecule has 5 unspecified atom stereocenters. The van der Waals surface area contributed by atoms with Gasteiger partial charge in [-0.2, -0.15) is 0 Å². The van der Waals surface area contributed by atoms with Gasteiger partial charge in [-0.1, -0.05) is 189 Å². The topological polar surface area (TPSA) is 28.4 Å². The molecule has 4 heteroatoms. The van der Waals surface area contributed by atoms with Gasteiger partial charge in [0.05, 0.1) is 5.66 Å². The number of rotatable bonds is 11. The van der Waals surface area contributed by atoms with Crippen molar-refractivity contribution < 1.29 is 4.42 Å². The fraction of sp³-hybridized carbons (Fsp3) is 0.484. The van der Waals surface area contributed by atoms with Gasteiger partial charge in [0, 0.05) is 35.1 Å². The van der Waals surface area contributed by atoms with E-state index in [4.69, 9.17) is 4.42 Å². The number of anilines is 1. The van der Waals surface area contributed by atoms with Crippen molar-refractivity contribution in [3.8, 4) is 0 Å². The number of allylic oxidation sites excluding steroid dienone is 11. The summed E-state index contributed by atoms with van der Waals surface area (Å²) in [4.78, 5) is 2.63. The van der Waals surface area contributed by atoms with Crippen LogP contribution in [0.5, 0.6) is 0 Å². The maximum absolute atomic E-state index is 7.32. The van der Waals surface area contributed by atoms with Crippen LogP contribution in [0.1, 0.15) is 164 Å². The average Bonchev–Trinajstić information content (AvgIpc) is 3.66. The zero-order valence-electron chi connectivity index (χ0n) is 43.8. The second kappa shape index (κ2) is 19.1. The van der Waals surface area contributed by atoms with E-state index in [0.29, 0.717) is 35.5 Å². The summed E-state index contributed by atoms with van der Waals surface area (Å²) >= 11 is 0. The first-order valence-corrected chi connectivity index (χ1v) is 25.4. The largest absolute Gasteiger partial charge is 0.470 e. The van der Waals surface area contributed by atoms with Crippen LogP contribution in [0.15, 0.2) is 148 Å². The van der Waals surface area contributed by atoms with Gasteiger partial charge < -0.3 is 14.6 Å². The number of benzene rings is 2. The molecule has 5 atom stereocenters. The van der Waals surface area contributed by atoms with Crippen LogP contribution < -0.4 is 21.3 Å². The van der Waals surface area contributed by atoms with Crippen LogP contribution in [0.4, 0.5) is 5.69 Å². The van der Waals surface area contributed by atoms with Crippen molar-refractivity contribution in [1.82, 2.24) is 5.32 Å². The van der Waals surface area contributed by atoms with Crippen LogP contribution in [0.3, 0.4) is 0 Å². The first-order valence-electron chi connectivity index (χ1n) is 25.4. The molecule has 0 amide bonds. The van der Waals surface area contributed by atoms with E-state index in [1.54, 1.807) is 0 Å². The number of furan rings is 1. The lowest BCUT2D eigenvalue weighted by Gasteiger charge is -2.45. The molecule has 0 fully saturated rings. The van der Waals surface area contributed by atoms with Crippen LogP contribution >= 0.6 is 0 Å². The van der Waals surface area contributed by atoms with E-state index >= 15 is 0 Å². The Balaban J connectivity index is 1.51. The molecule has 1 aromatic heterocycles. The van der Waals surface area contributed by atoms with Gasteiger partial charge in [-0.05, 0) is 147 Å². The molecule has 350 valence electrons. The summed E-state index contributed by atoms with van der Waals surface area (Å²) in [6, 6.07) is 14.6. The van der Waals surface area contributed by atoms with E-state index in [-0.39, 0.29) is 29.0 Å².